The van der Waals surface area contributed by atoms with Crippen molar-refractivity contribution in [1.29, 1.82) is 0 Å². The smallest absolute Gasteiger partial charge is 0.174 e. The Kier molecular flexibility index (Phi) is 8.67. The van der Waals surface area contributed by atoms with Crippen molar-refractivity contribution in [3.63, 3.8) is 0 Å². The first kappa shape index (κ1) is 28.9. The zero-order valence-corrected chi connectivity index (χ0v) is 23.9. The van der Waals surface area contributed by atoms with Crippen molar-refractivity contribution in [2.24, 2.45) is 0 Å². The molecule has 0 fully saturated rings. The van der Waals surface area contributed by atoms with Crippen molar-refractivity contribution in [2.75, 3.05) is 47.3 Å². The van der Waals surface area contributed by atoms with Gasteiger partial charge in [0.05, 0.1) is 41.6 Å². The molecule has 4 aromatic rings. The Hall–Kier alpha value is -4.07. The molecule has 0 atom stereocenters. The molecule has 4 rings (SSSR count). The molecule has 0 N–H and O–H groups in total. The molecule has 40 heavy (non-hydrogen) atoms. The maximum Gasteiger partial charge on any atom is 0.174 e. The molecule has 10 heteroatoms. The fourth-order valence-electron chi connectivity index (χ4n) is 3.85. The minimum absolute atomic E-state index is 0.0154. The standard InChI is InChI=1S/C30H30F3N4O2S/c1-35(23-11-12-27(38-5)28(17-23)39-6)29-18-34-30(36(29)22-9-7-21(31)8-10-22)40-19-24-25(32)15-20(16-26(24)33)13-14-37(2,3)4/h7-12,15-18H,19H2,1-6H3/q+1. The number of nitrogens with zero attached hydrogens (tertiary/aromatic N) is 4. The Morgan fingerprint density at radius 3 is 2.17 bits per heavy atom. The van der Waals surface area contributed by atoms with Crippen LogP contribution >= 0.6 is 11.8 Å². The number of anilines is 2. The number of thioether (sulfide) groups is 1. The van der Waals surface area contributed by atoms with Gasteiger partial charge in [0.25, 0.3) is 0 Å². The van der Waals surface area contributed by atoms with Crippen LogP contribution in [0.25, 0.3) is 5.69 Å². The summed E-state index contributed by atoms with van der Waals surface area (Å²) in [5.41, 5.74) is 1.60. The number of benzene rings is 3. The molecular formula is C30H30F3N4O2S+. The second kappa shape index (κ2) is 12.0. The van der Waals surface area contributed by atoms with E-state index in [-0.39, 0.29) is 22.7 Å². The van der Waals surface area contributed by atoms with Crippen LogP contribution in [-0.4, -0.2) is 56.4 Å². The van der Waals surface area contributed by atoms with Crippen molar-refractivity contribution in [3.8, 4) is 29.2 Å². The van der Waals surface area contributed by atoms with E-state index < -0.39 is 11.6 Å². The molecule has 0 unspecified atom stereocenters. The lowest BCUT2D eigenvalue weighted by atomic mass is 10.1. The van der Waals surface area contributed by atoms with Gasteiger partial charge in [-0.15, -0.1) is 0 Å². The zero-order valence-electron chi connectivity index (χ0n) is 23.1. The van der Waals surface area contributed by atoms with Crippen LogP contribution < -0.4 is 14.4 Å². The van der Waals surface area contributed by atoms with E-state index >= 15 is 0 Å². The van der Waals surface area contributed by atoms with E-state index in [0.717, 1.165) is 5.69 Å². The summed E-state index contributed by atoms with van der Waals surface area (Å²) in [4.78, 5) is 6.43. The average molecular weight is 568 g/mol. The molecule has 0 radical (unpaired) electrons. The summed E-state index contributed by atoms with van der Waals surface area (Å²) in [5, 5.41) is 0.474. The minimum atomic E-state index is -0.680. The van der Waals surface area contributed by atoms with E-state index in [2.05, 4.69) is 16.9 Å². The van der Waals surface area contributed by atoms with Crippen LogP contribution in [0.1, 0.15) is 11.1 Å². The molecule has 0 saturated heterocycles. The van der Waals surface area contributed by atoms with E-state index in [1.54, 1.807) is 43.2 Å². The summed E-state index contributed by atoms with van der Waals surface area (Å²) in [6.07, 6.45) is 1.65. The molecule has 0 bridgehead atoms. The predicted molar refractivity (Wildman–Crippen MR) is 152 cm³/mol. The van der Waals surface area contributed by atoms with Gasteiger partial charge in [0.1, 0.15) is 29.3 Å². The topological polar surface area (TPSA) is 39.5 Å². The molecule has 0 aliphatic rings. The first-order chi connectivity index (χ1) is 19.0. The van der Waals surface area contributed by atoms with Gasteiger partial charge in [-0.2, -0.15) is 0 Å². The summed E-state index contributed by atoms with van der Waals surface area (Å²) in [6.45, 7) is 0. The third-order valence-corrected chi connectivity index (χ3v) is 6.90. The number of imidazole rings is 1. The summed E-state index contributed by atoms with van der Waals surface area (Å²) >= 11 is 1.17. The van der Waals surface area contributed by atoms with E-state index in [1.165, 1.54) is 36.0 Å². The average Bonchev–Trinajstić information content (AvgIpc) is 3.34. The van der Waals surface area contributed by atoms with Crippen molar-refractivity contribution in [2.45, 2.75) is 10.9 Å². The summed E-state index contributed by atoms with van der Waals surface area (Å²) in [5.74, 6) is 2.84. The zero-order chi connectivity index (χ0) is 29.0. The Labute approximate surface area is 236 Å². The molecular weight excluding hydrogens is 537 g/mol. The van der Waals surface area contributed by atoms with E-state index in [0.29, 0.717) is 32.6 Å². The van der Waals surface area contributed by atoms with Crippen LogP contribution in [0, 0.1) is 29.4 Å². The fourth-order valence-corrected chi connectivity index (χ4v) is 4.85. The lowest BCUT2D eigenvalue weighted by Gasteiger charge is -2.23. The number of rotatable bonds is 8. The van der Waals surface area contributed by atoms with E-state index in [9.17, 15) is 13.2 Å². The molecule has 0 saturated carbocycles. The first-order valence-corrected chi connectivity index (χ1v) is 13.2. The number of halogens is 3. The molecule has 208 valence electrons. The van der Waals surface area contributed by atoms with Gasteiger partial charge in [0.15, 0.2) is 16.7 Å². The van der Waals surface area contributed by atoms with Crippen LogP contribution in [0.3, 0.4) is 0 Å². The molecule has 3 aromatic carbocycles. The van der Waals surface area contributed by atoms with Crippen molar-refractivity contribution in [1.82, 2.24) is 9.55 Å². The van der Waals surface area contributed by atoms with Gasteiger partial charge < -0.3 is 14.4 Å². The van der Waals surface area contributed by atoms with Gasteiger partial charge in [-0.25, -0.2) is 18.2 Å². The lowest BCUT2D eigenvalue weighted by Crippen LogP contribution is -2.27. The van der Waals surface area contributed by atoms with E-state index in [4.69, 9.17) is 9.47 Å². The van der Waals surface area contributed by atoms with Crippen LogP contribution in [-0.2, 0) is 5.75 Å². The third kappa shape index (κ3) is 6.55. The molecule has 0 aliphatic heterocycles. The highest BCUT2D eigenvalue weighted by Crippen LogP contribution is 2.37. The van der Waals surface area contributed by atoms with Crippen LogP contribution in [0.15, 0.2) is 66.0 Å². The number of quaternary nitrogens is 1. The van der Waals surface area contributed by atoms with E-state index in [1.807, 2.05) is 45.2 Å². The monoisotopic (exact) mass is 567 g/mol. The molecule has 0 spiro atoms. The van der Waals surface area contributed by atoms with Crippen LogP contribution in [0.5, 0.6) is 11.5 Å². The molecule has 6 nitrogen and oxygen atoms in total. The minimum Gasteiger partial charge on any atom is -0.493 e. The summed E-state index contributed by atoms with van der Waals surface area (Å²) in [6, 6.07) is 16.8. The number of aromatic nitrogens is 2. The quantitative estimate of drug-likeness (QED) is 0.140. The van der Waals surface area contributed by atoms with Gasteiger partial charge in [-0.05, 0) is 54.5 Å². The van der Waals surface area contributed by atoms with Crippen LogP contribution in [0.2, 0.25) is 0 Å². The molecule has 1 aromatic heterocycles. The SMILES string of the molecule is COc1ccc(N(C)c2cnc(SCc3c(F)cc(C#C[N+](C)(C)C)cc3F)n2-c2ccc(F)cc2)cc1OC. The van der Waals surface area contributed by atoms with Gasteiger partial charge in [0.2, 0.25) is 0 Å². The van der Waals surface area contributed by atoms with Gasteiger partial charge in [-0.3, -0.25) is 9.05 Å². The summed E-state index contributed by atoms with van der Waals surface area (Å²) in [7, 11) is 10.6. The lowest BCUT2D eigenvalue weighted by molar-refractivity contribution is -0.800. The van der Waals surface area contributed by atoms with Crippen molar-refractivity contribution < 1.29 is 27.1 Å². The largest absolute Gasteiger partial charge is 0.493 e. The van der Waals surface area contributed by atoms with Gasteiger partial charge in [-0.1, -0.05) is 11.8 Å². The highest BCUT2D eigenvalue weighted by atomic mass is 32.2. The van der Waals surface area contributed by atoms with Crippen LogP contribution in [0.4, 0.5) is 24.7 Å². The third-order valence-electron chi connectivity index (χ3n) is 5.92. The summed E-state index contributed by atoms with van der Waals surface area (Å²) < 4.78 is 56.6. The number of methoxy groups -OCH3 is 2. The van der Waals surface area contributed by atoms with Gasteiger partial charge in [0, 0.05) is 41.4 Å². The highest BCUT2D eigenvalue weighted by Gasteiger charge is 2.20. The number of hydrogen-bond acceptors (Lipinski definition) is 5. The maximum atomic E-state index is 15.0. The van der Waals surface area contributed by atoms with Crippen molar-refractivity contribution in [3.05, 3.63) is 89.4 Å². The molecule has 1 heterocycles. The predicted octanol–water partition coefficient (Wildman–Crippen LogP) is 6.38. The Morgan fingerprint density at radius 2 is 1.57 bits per heavy atom. The second-order valence-corrected chi connectivity index (χ2v) is 10.7. The fraction of sp³-hybridized carbons (Fsp3) is 0.233. The Morgan fingerprint density at radius 1 is 0.925 bits per heavy atom. The normalized spacial score (nSPS) is 11.1. The number of ether oxygens (including phenoxy) is 2. The molecule has 0 amide bonds. The Bertz CT molecular complexity index is 1550. The highest BCUT2D eigenvalue weighted by molar-refractivity contribution is 7.98. The Balaban J connectivity index is 1.69. The molecule has 0 aliphatic carbocycles. The van der Waals surface area contributed by atoms with Crippen molar-refractivity contribution >= 4 is 23.3 Å². The number of hydrogen-bond donors (Lipinski definition) is 0. The maximum absolute atomic E-state index is 15.0. The van der Waals surface area contributed by atoms with Gasteiger partial charge >= 0.3 is 0 Å². The first-order valence-electron chi connectivity index (χ1n) is 12.3. The second-order valence-electron chi connectivity index (χ2n) is 9.77.